The lowest BCUT2D eigenvalue weighted by Gasteiger charge is -2.10. The topological polar surface area (TPSA) is 87.3 Å². The van der Waals surface area contributed by atoms with Crippen molar-refractivity contribution in [3.63, 3.8) is 0 Å². The number of hydrogen-bond acceptors (Lipinski definition) is 8. The number of hydrogen-bond donors (Lipinski definition) is 0. The van der Waals surface area contributed by atoms with E-state index in [0.29, 0.717) is 38.7 Å². The van der Waals surface area contributed by atoms with Crippen LogP contribution in [0.2, 0.25) is 0 Å². The van der Waals surface area contributed by atoms with Gasteiger partial charge in [0.15, 0.2) is 10.7 Å². The Kier molecular flexibility index (Phi) is 4.88. The zero-order chi connectivity index (χ0) is 24.3. The molecule has 0 bridgehead atoms. The van der Waals surface area contributed by atoms with Crippen LogP contribution in [0.5, 0.6) is 11.9 Å². The van der Waals surface area contributed by atoms with Crippen LogP contribution < -0.4 is 9.47 Å². The van der Waals surface area contributed by atoms with E-state index in [1.807, 2.05) is 18.2 Å². The van der Waals surface area contributed by atoms with Crippen molar-refractivity contribution >= 4 is 27.2 Å². The van der Waals surface area contributed by atoms with Crippen molar-refractivity contribution in [1.29, 1.82) is 0 Å². The van der Waals surface area contributed by atoms with Gasteiger partial charge >= 0.3 is 12.2 Å². The molecule has 8 nitrogen and oxygen atoms in total. The van der Waals surface area contributed by atoms with Crippen LogP contribution in [-0.4, -0.2) is 43.8 Å². The van der Waals surface area contributed by atoms with Crippen LogP contribution >= 0.6 is 11.3 Å². The Morgan fingerprint density at radius 2 is 1.91 bits per heavy atom. The number of fused-ring (bicyclic) bond motifs is 2. The van der Waals surface area contributed by atoms with Crippen LogP contribution in [0.3, 0.4) is 0 Å². The molecule has 12 heteroatoms. The van der Waals surface area contributed by atoms with Crippen LogP contribution in [0.4, 0.5) is 13.2 Å². The minimum atomic E-state index is -4.45. The van der Waals surface area contributed by atoms with E-state index < -0.39 is 11.2 Å². The predicted molar refractivity (Wildman–Crippen MR) is 122 cm³/mol. The number of methoxy groups -OCH3 is 2. The maximum Gasteiger partial charge on any atom is 0.443 e. The van der Waals surface area contributed by atoms with Gasteiger partial charge in [0.05, 0.1) is 35.7 Å². The van der Waals surface area contributed by atoms with Gasteiger partial charge in [-0.25, -0.2) is 19.5 Å². The maximum atomic E-state index is 13.1. The van der Waals surface area contributed by atoms with E-state index >= 15 is 0 Å². The van der Waals surface area contributed by atoms with E-state index in [4.69, 9.17) is 9.47 Å². The molecule has 1 saturated carbocycles. The summed E-state index contributed by atoms with van der Waals surface area (Å²) in [5, 5.41) is 3.82. The summed E-state index contributed by atoms with van der Waals surface area (Å²) in [5.74, 6) is 0.623. The average Bonchev–Trinajstić information content (AvgIpc) is 3.28. The van der Waals surface area contributed by atoms with E-state index in [9.17, 15) is 13.2 Å². The molecule has 2 atom stereocenters. The van der Waals surface area contributed by atoms with Crippen molar-refractivity contribution in [1.82, 2.24) is 29.5 Å². The Morgan fingerprint density at radius 1 is 1.06 bits per heavy atom. The molecular weight excluding hydrogens is 481 g/mol. The highest BCUT2D eigenvalue weighted by Gasteiger charge is 2.42. The molecule has 35 heavy (non-hydrogen) atoms. The molecule has 1 aromatic carbocycles. The number of aromatic nitrogens is 6. The Hall–Kier alpha value is -3.80. The van der Waals surface area contributed by atoms with Gasteiger partial charge in [0.25, 0.3) is 0 Å². The monoisotopic (exact) mass is 498 g/mol. The first-order chi connectivity index (χ1) is 16.9. The first kappa shape index (κ1) is 21.7. The summed E-state index contributed by atoms with van der Waals surface area (Å²) in [7, 11) is 2.99. The molecule has 6 rings (SSSR count). The molecule has 178 valence electrons. The molecule has 0 spiro atoms. The second kappa shape index (κ2) is 7.87. The summed E-state index contributed by atoms with van der Waals surface area (Å²) in [6, 6.07) is 7.47. The van der Waals surface area contributed by atoms with Crippen molar-refractivity contribution in [2.75, 3.05) is 14.2 Å². The van der Waals surface area contributed by atoms with Crippen LogP contribution in [-0.2, 0) is 6.18 Å². The molecule has 0 unspecified atom stereocenters. The van der Waals surface area contributed by atoms with Crippen molar-refractivity contribution in [3.8, 4) is 23.1 Å². The molecule has 0 aliphatic heterocycles. The number of ether oxygens (including phenoxy) is 2. The number of benzene rings is 1. The van der Waals surface area contributed by atoms with Crippen LogP contribution in [0.15, 0.2) is 42.9 Å². The second-order valence-corrected chi connectivity index (χ2v) is 9.18. The quantitative estimate of drug-likeness (QED) is 0.333. The van der Waals surface area contributed by atoms with Crippen LogP contribution in [0.1, 0.15) is 34.4 Å². The zero-order valence-corrected chi connectivity index (χ0v) is 19.3. The van der Waals surface area contributed by atoms with E-state index in [2.05, 4.69) is 25.0 Å². The third-order valence-electron chi connectivity index (χ3n) is 6.04. The third kappa shape index (κ3) is 3.73. The molecule has 5 aromatic rings. The highest BCUT2D eigenvalue weighted by molar-refractivity contribution is 7.18. The number of nitrogens with zero attached hydrogens (tertiary/aromatic N) is 6. The third-order valence-corrected chi connectivity index (χ3v) is 7.11. The standard InChI is InChI=1S/C23H17F3N6O2S/c1-33-20-15(10-28-22(30-20)34-2)17-9-14(19-27-5-6-32(19)31-17)13-8-12(13)11-3-4-16-18(7-11)35-21(29-16)23(24,25)26/h3-7,9-10,12-13H,8H2,1-2H3/t12-,13+/m1/s1. The number of imidazole rings is 1. The maximum absolute atomic E-state index is 13.1. The summed E-state index contributed by atoms with van der Waals surface area (Å²) >= 11 is 0.671. The second-order valence-electron chi connectivity index (χ2n) is 8.15. The summed E-state index contributed by atoms with van der Waals surface area (Å²) in [6.45, 7) is 0. The minimum absolute atomic E-state index is 0.138. The van der Waals surface area contributed by atoms with Gasteiger partial charge in [-0.2, -0.15) is 23.3 Å². The minimum Gasteiger partial charge on any atom is -0.480 e. The first-order valence-corrected chi connectivity index (χ1v) is 11.4. The normalized spacial score (nSPS) is 17.7. The lowest BCUT2D eigenvalue weighted by Crippen LogP contribution is -2.03. The SMILES string of the molecule is COc1ncc(-c2cc([C@H]3C[C@@H]3c3ccc4nc(C(F)(F)F)sc4c3)c3nccn3n2)c(OC)n1. The Bertz CT molecular complexity index is 1580. The summed E-state index contributed by atoms with van der Waals surface area (Å²) in [5.41, 5.74) is 4.28. The summed E-state index contributed by atoms with van der Waals surface area (Å²) in [4.78, 5) is 16.6. The van der Waals surface area contributed by atoms with Crippen molar-refractivity contribution in [2.45, 2.75) is 24.4 Å². The van der Waals surface area contributed by atoms with Gasteiger partial charge < -0.3 is 9.47 Å². The number of thiazole rings is 1. The molecule has 4 heterocycles. The number of alkyl halides is 3. The fraction of sp³-hybridized carbons (Fsp3) is 0.261. The van der Waals surface area contributed by atoms with Gasteiger partial charge in [-0.1, -0.05) is 6.07 Å². The Balaban J connectivity index is 1.38. The molecular formula is C23H17F3N6O2S. The number of rotatable bonds is 5. The average molecular weight is 498 g/mol. The largest absolute Gasteiger partial charge is 0.480 e. The van der Waals surface area contributed by atoms with E-state index in [1.54, 1.807) is 29.2 Å². The van der Waals surface area contributed by atoms with E-state index in [-0.39, 0.29) is 17.8 Å². The molecule has 0 saturated heterocycles. The van der Waals surface area contributed by atoms with E-state index in [1.165, 1.54) is 14.2 Å². The van der Waals surface area contributed by atoms with Gasteiger partial charge in [0, 0.05) is 24.2 Å². The van der Waals surface area contributed by atoms with Crippen molar-refractivity contribution < 1.29 is 22.6 Å². The molecule has 1 aliphatic rings. The van der Waals surface area contributed by atoms with Gasteiger partial charge in [-0.05, 0) is 42.0 Å². The smallest absolute Gasteiger partial charge is 0.443 e. The summed E-state index contributed by atoms with van der Waals surface area (Å²) in [6.07, 6.45) is 1.44. The highest BCUT2D eigenvalue weighted by atomic mass is 32.1. The number of halogens is 3. The molecule has 4 aromatic heterocycles. The molecule has 0 amide bonds. The molecule has 0 radical (unpaired) electrons. The Morgan fingerprint density at radius 3 is 2.69 bits per heavy atom. The highest BCUT2D eigenvalue weighted by Crippen LogP contribution is 2.56. The first-order valence-electron chi connectivity index (χ1n) is 10.6. The zero-order valence-electron chi connectivity index (χ0n) is 18.4. The fourth-order valence-corrected chi connectivity index (χ4v) is 5.21. The fourth-order valence-electron chi connectivity index (χ4n) is 4.33. The molecule has 1 aliphatic carbocycles. The predicted octanol–water partition coefficient (Wildman–Crippen LogP) is 5.10. The van der Waals surface area contributed by atoms with Gasteiger partial charge in [-0.3, -0.25) is 0 Å². The van der Waals surface area contributed by atoms with Gasteiger partial charge in [0.2, 0.25) is 5.88 Å². The summed E-state index contributed by atoms with van der Waals surface area (Å²) < 4.78 is 52.0. The molecule has 1 fully saturated rings. The lowest BCUT2D eigenvalue weighted by atomic mass is 10.0. The van der Waals surface area contributed by atoms with Crippen molar-refractivity contribution in [3.05, 3.63) is 59.0 Å². The molecule has 0 N–H and O–H groups in total. The Labute approximate surface area is 200 Å². The van der Waals surface area contributed by atoms with Gasteiger partial charge in [0.1, 0.15) is 0 Å². The van der Waals surface area contributed by atoms with Crippen LogP contribution in [0.25, 0.3) is 27.1 Å². The van der Waals surface area contributed by atoms with Crippen LogP contribution in [0, 0.1) is 0 Å². The lowest BCUT2D eigenvalue weighted by molar-refractivity contribution is -0.137. The van der Waals surface area contributed by atoms with E-state index in [0.717, 1.165) is 23.2 Å². The van der Waals surface area contributed by atoms with Gasteiger partial charge in [-0.15, -0.1) is 11.3 Å². The van der Waals surface area contributed by atoms with Crippen molar-refractivity contribution in [2.24, 2.45) is 0 Å².